The molecule has 0 bridgehead atoms. The van der Waals surface area contributed by atoms with E-state index in [9.17, 15) is 4.79 Å². The van der Waals surface area contributed by atoms with Gasteiger partial charge < -0.3 is 4.84 Å². The second-order valence-electron chi connectivity index (χ2n) is 2.36. The van der Waals surface area contributed by atoms with Crippen LogP contribution in [-0.4, -0.2) is 11.7 Å². The third-order valence-corrected chi connectivity index (χ3v) is 2.33. The number of halogens is 2. The van der Waals surface area contributed by atoms with Gasteiger partial charge in [-0.25, -0.2) is 10.3 Å². The van der Waals surface area contributed by atoms with Gasteiger partial charge in [-0.1, -0.05) is 23.2 Å². The molecule has 1 N–H and O–H groups in total. The van der Waals surface area contributed by atoms with Crippen molar-refractivity contribution in [3.05, 3.63) is 28.2 Å². The predicted octanol–water partition coefficient (Wildman–Crippen LogP) is 2.79. The summed E-state index contributed by atoms with van der Waals surface area (Å²) in [5.41, 5.74) is 2.97. The Morgan fingerprint density at radius 3 is 2.71 bits per heavy atom. The van der Waals surface area contributed by atoms with E-state index in [0.29, 0.717) is 15.7 Å². The van der Waals surface area contributed by atoms with E-state index in [1.165, 1.54) is 0 Å². The fourth-order valence-electron chi connectivity index (χ4n) is 0.708. The van der Waals surface area contributed by atoms with Crippen molar-refractivity contribution in [1.82, 2.24) is 0 Å². The molecule has 6 heteroatoms. The molecule has 0 aliphatic carbocycles. The molecule has 76 valence electrons. The molecule has 0 unspecified atom stereocenters. The second-order valence-corrected chi connectivity index (χ2v) is 3.49. The van der Waals surface area contributed by atoms with E-state index < -0.39 is 5.97 Å². The largest absolute Gasteiger partial charge is 0.343 e. The zero-order valence-electron chi connectivity index (χ0n) is 6.96. The Hall–Kier alpha value is -0.580. The van der Waals surface area contributed by atoms with E-state index in [1.807, 2.05) is 0 Å². The van der Waals surface area contributed by atoms with Gasteiger partial charge in [-0.3, -0.25) is 0 Å². The molecule has 0 atom stereocenters. The lowest BCUT2D eigenvalue weighted by Crippen LogP contribution is -2.11. The molecule has 0 amide bonds. The molecule has 0 aliphatic rings. The van der Waals surface area contributed by atoms with Crippen molar-refractivity contribution in [1.29, 1.82) is 0 Å². The zero-order valence-corrected chi connectivity index (χ0v) is 9.37. The summed E-state index contributed by atoms with van der Waals surface area (Å²) in [5.74, 6) is -0.465. The minimum Gasteiger partial charge on any atom is -0.343 e. The fourth-order valence-corrected chi connectivity index (χ4v) is 1.07. The van der Waals surface area contributed by atoms with E-state index >= 15 is 0 Å². The Morgan fingerprint density at radius 1 is 1.43 bits per heavy atom. The Kier molecular flexibility index (Phi) is 4.38. The van der Waals surface area contributed by atoms with E-state index in [0.717, 1.165) is 0 Å². The first-order chi connectivity index (χ1) is 6.63. The molecule has 0 radical (unpaired) electrons. The van der Waals surface area contributed by atoms with Crippen molar-refractivity contribution in [2.24, 2.45) is 0 Å². The highest BCUT2D eigenvalue weighted by Crippen LogP contribution is 2.24. The van der Waals surface area contributed by atoms with Crippen LogP contribution in [0, 0.1) is 0 Å². The van der Waals surface area contributed by atoms with Gasteiger partial charge >= 0.3 is 5.97 Å². The molecule has 0 saturated heterocycles. The summed E-state index contributed by atoms with van der Waals surface area (Å²) >= 11 is 15.2. The third kappa shape index (κ3) is 3.29. The van der Waals surface area contributed by atoms with Crippen LogP contribution in [0.15, 0.2) is 18.2 Å². The van der Waals surface area contributed by atoms with E-state index in [2.05, 4.69) is 22.9 Å². The molecular formula is C8H7Cl2NO2S. The predicted molar refractivity (Wildman–Crippen MR) is 60.0 cm³/mol. The van der Waals surface area contributed by atoms with Gasteiger partial charge in [-0.2, -0.15) is 12.6 Å². The summed E-state index contributed by atoms with van der Waals surface area (Å²) in [5, 5.41) is 0.830. The van der Waals surface area contributed by atoms with Gasteiger partial charge in [0.25, 0.3) is 0 Å². The van der Waals surface area contributed by atoms with Gasteiger partial charge in [0, 0.05) is 0 Å². The summed E-state index contributed by atoms with van der Waals surface area (Å²) in [6.07, 6.45) is 0. The second kappa shape index (κ2) is 5.34. The third-order valence-electron chi connectivity index (χ3n) is 1.33. The van der Waals surface area contributed by atoms with Crippen LogP contribution >= 0.6 is 35.8 Å². The Balaban J connectivity index is 2.60. The van der Waals surface area contributed by atoms with Gasteiger partial charge in [0.15, 0.2) is 0 Å². The van der Waals surface area contributed by atoms with Crippen LogP contribution in [0.4, 0.5) is 5.69 Å². The van der Waals surface area contributed by atoms with Crippen molar-refractivity contribution in [2.45, 2.75) is 0 Å². The molecular weight excluding hydrogens is 245 g/mol. The molecule has 0 aromatic heterocycles. The summed E-state index contributed by atoms with van der Waals surface area (Å²) in [6.45, 7) is 0. The first-order valence-electron chi connectivity index (χ1n) is 3.65. The SMILES string of the molecule is O=C(CS)ONc1ccc(Cl)c(Cl)c1. The smallest absolute Gasteiger partial charge is 0.341 e. The molecule has 0 fully saturated rings. The lowest BCUT2D eigenvalue weighted by atomic mass is 10.3. The zero-order chi connectivity index (χ0) is 10.6. The lowest BCUT2D eigenvalue weighted by Gasteiger charge is -2.06. The average molecular weight is 252 g/mol. The van der Waals surface area contributed by atoms with Crippen molar-refractivity contribution in [3.63, 3.8) is 0 Å². The van der Waals surface area contributed by atoms with Gasteiger partial charge in [0.2, 0.25) is 0 Å². The number of hydrogen-bond acceptors (Lipinski definition) is 4. The van der Waals surface area contributed by atoms with Crippen LogP contribution in [0.2, 0.25) is 10.0 Å². The number of carbonyl (C=O) groups is 1. The van der Waals surface area contributed by atoms with Gasteiger partial charge in [0.05, 0.1) is 21.5 Å². The molecule has 0 spiro atoms. The number of thiol groups is 1. The highest BCUT2D eigenvalue weighted by Gasteiger charge is 2.01. The molecule has 0 heterocycles. The first-order valence-corrected chi connectivity index (χ1v) is 5.04. The first kappa shape index (κ1) is 11.5. The highest BCUT2D eigenvalue weighted by molar-refractivity contribution is 7.81. The monoisotopic (exact) mass is 251 g/mol. The summed E-state index contributed by atoms with van der Waals surface area (Å²) in [7, 11) is 0. The van der Waals surface area contributed by atoms with E-state index in [1.54, 1.807) is 18.2 Å². The summed E-state index contributed by atoms with van der Waals surface area (Å²) in [6, 6.07) is 4.79. The maximum absolute atomic E-state index is 10.7. The Labute approximate surface area is 96.7 Å². The van der Waals surface area contributed by atoms with E-state index in [4.69, 9.17) is 23.2 Å². The Morgan fingerprint density at radius 2 is 2.14 bits per heavy atom. The normalized spacial score (nSPS) is 9.64. The van der Waals surface area contributed by atoms with Crippen molar-refractivity contribution >= 4 is 47.5 Å². The standard InChI is InChI=1S/C8H7Cl2NO2S/c9-6-2-1-5(3-7(6)10)11-13-8(12)4-14/h1-3,11,14H,4H2. The number of anilines is 1. The molecule has 1 aromatic rings. The molecule has 3 nitrogen and oxygen atoms in total. The lowest BCUT2D eigenvalue weighted by molar-refractivity contribution is -0.137. The number of nitrogens with one attached hydrogen (secondary N) is 1. The minimum absolute atomic E-state index is 0.00826. The maximum Gasteiger partial charge on any atom is 0.341 e. The van der Waals surface area contributed by atoms with Crippen LogP contribution in [-0.2, 0) is 9.63 Å². The summed E-state index contributed by atoms with van der Waals surface area (Å²) in [4.78, 5) is 15.3. The molecule has 1 aromatic carbocycles. The van der Waals surface area contributed by atoms with Crippen molar-refractivity contribution < 1.29 is 9.63 Å². The molecule has 14 heavy (non-hydrogen) atoms. The molecule has 1 rings (SSSR count). The maximum atomic E-state index is 10.7. The number of hydrogen-bond donors (Lipinski definition) is 2. The van der Waals surface area contributed by atoms with Crippen LogP contribution in [0.3, 0.4) is 0 Å². The van der Waals surface area contributed by atoms with Gasteiger partial charge in [-0.05, 0) is 18.2 Å². The average Bonchev–Trinajstić information content (AvgIpc) is 2.19. The highest BCUT2D eigenvalue weighted by atomic mass is 35.5. The van der Waals surface area contributed by atoms with Crippen LogP contribution in [0.5, 0.6) is 0 Å². The van der Waals surface area contributed by atoms with Gasteiger partial charge in [-0.15, -0.1) is 0 Å². The van der Waals surface area contributed by atoms with Crippen molar-refractivity contribution in [2.75, 3.05) is 11.2 Å². The summed E-state index contributed by atoms with van der Waals surface area (Å²) < 4.78 is 0. The molecule has 0 saturated carbocycles. The fraction of sp³-hybridized carbons (Fsp3) is 0.125. The molecule has 0 aliphatic heterocycles. The topological polar surface area (TPSA) is 38.3 Å². The van der Waals surface area contributed by atoms with Crippen molar-refractivity contribution in [3.8, 4) is 0 Å². The van der Waals surface area contributed by atoms with Crippen LogP contribution < -0.4 is 5.48 Å². The number of benzene rings is 1. The number of carbonyl (C=O) groups excluding carboxylic acids is 1. The van der Waals surface area contributed by atoms with E-state index in [-0.39, 0.29) is 5.75 Å². The van der Waals surface area contributed by atoms with Crippen LogP contribution in [0.1, 0.15) is 0 Å². The number of rotatable bonds is 3. The minimum atomic E-state index is -0.473. The quantitative estimate of drug-likeness (QED) is 0.641. The van der Waals surface area contributed by atoms with Crippen LogP contribution in [0.25, 0.3) is 0 Å². The van der Waals surface area contributed by atoms with Gasteiger partial charge in [0.1, 0.15) is 0 Å². The Bertz CT molecular complexity index is 346.